The Hall–Kier alpha value is -0.850. The lowest BCUT2D eigenvalue weighted by atomic mass is 9.98. The van der Waals surface area contributed by atoms with Crippen LogP contribution in [0.4, 0.5) is 0 Å². The Labute approximate surface area is 67.8 Å². The monoisotopic (exact) mass is 150 g/mol. The van der Waals surface area contributed by atoms with Crippen molar-refractivity contribution in [1.29, 1.82) is 0 Å². The summed E-state index contributed by atoms with van der Waals surface area (Å²) >= 11 is 0. The Morgan fingerprint density at radius 3 is 3.09 bits per heavy atom. The van der Waals surface area contributed by atoms with Crippen molar-refractivity contribution < 1.29 is 4.79 Å². The van der Waals surface area contributed by atoms with E-state index in [1.54, 1.807) is 6.08 Å². The Balaban J connectivity index is 2.58. The molecule has 1 aliphatic carbocycles. The molecule has 1 aliphatic rings. The second-order valence-corrected chi connectivity index (χ2v) is 2.90. The normalized spacial score (nSPS) is 30.6. The van der Waals surface area contributed by atoms with Crippen LogP contribution in [-0.4, -0.2) is 5.78 Å². The summed E-state index contributed by atoms with van der Waals surface area (Å²) < 4.78 is 0. The third kappa shape index (κ3) is 2.71. The van der Waals surface area contributed by atoms with Gasteiger partial charge in [0.2, 0.25) is 0 Å². The molecule has 0 aromatic heterocycles. The average molecular weight is 150 g/mol. The number of ketones is 1. The molecule has 0 amide bonds. The summed E-state index contributed by atoms with van der Waals surface area (Å²) in [4.78, 5) is 11.0. The van der Waals surface area contributed by atoms with E-state index in [1.807, 2.05) is 12.2 Å². The number of carbonyl (C=O) groups excluding carboxylic acids is 1. The molecule has 1 atom stereocenters. The molecule has 1 heteroatoms. The van der Waals surface area contributed by atoms with Crippen LogP contribution >= 0.6 is 0 Å². The lowest BCUT2D eigenvalue weighted by molar-refractivity contribution is -0.113. The van der Waals surface area contributed by atoms with Gasteiger partial charge in [-0.05, 0) is 24.8 Å². The van der Waals surface area contributed by atoms with Crippen molar-refractivity contribution in [2.24, 2.45) is 5.92 Å². The molecule has 0 saturated carbocycles. The van der Waals surface area contributed by atoms with E-state index < -0.39 is 0 Å². The van der Waals surface area contributed by atoms with E-state index in [-0.39, 0.29) is 5.78 Å². The highest BCUT2D eigenvalue weighted by molar-refractivity contribution is 5.90. The van der Waals surface area contributed by atoms with Crippen LogP contribution < -0.4 is 0 Å². The Kier molecular flexibility index (Phi) is 3.09. The molecular weight excluding hydrogens is 136 g/mol. The van der Waals surface area contributed by atoms with Gasteiger partial charge >= 0.3 is 0 Å². The minimum absolute atomic E-state index is 0.222. The van der Waals surface area contributed by atoms with E-state index in [2.05, 4.69) is 13.0 Å². The molecule has 11 heavy (non-hydrogen) atoms. The van der Waals surface area contributed by atoms with Crippen LogP contribution in [0, 0.1) is 5.92 Å². The van der Waals surface area contributed by atoms with Crippen molar-refractivity contribution in [3.8, 4) is 0 Å². The molecule has 0 aromatic carbocycles. The topological polar surface area (TPSA) is 17.1 Å². The number of hydrogen-bond donors (Lipinski definition) is 0. The third-order valence-electron chi connectivity index (χ3n) is 2.00. The van der Waals surface area contributed by atoms with Crippen LogP contribution in [0.1, 0.15) is 26.2 Å². The number of allylic oxidation sites excluding steroid dienone is 4. The van der Waals surface area contributed by atoms with E-state index in [9.17, 15) is 4.79 Å². The summed E-state index contributed by atoms with van der Waals surface area (Å²) in [5.74, 6) is 0.787. The van der Waals surface area contributed by atoms with Crippen molar-refractivity contribution in [3.05, 3.63) is 24.3 Å². The van der Waals surface area contributed by atoms with Gasteiger partial charge < -0.3 is 0 Å². The van der Waals surface area contributed by atoms with Crippen LogP contribution in [-0.2, 0) is 4.79 Å². The lowest BCUT2D eigenvalue weighted by Crippen LogP contribution is -1.98. The average Bonchev–Trinajstić information content (AvgIpc) is 1.98. The van der Waals surface area contributed by atoms with Crippen molar-refractivity contribution in [2.75, 3.05) is 0 Å². The smallest absolute Gasteiger partial charge is 0.159 e. The first-order chi connectivity index (χ1) is 5.33. The van der Waals surface area contributed by atoms with Gasteiger partial charge in [0.15, 0.2) is 5.78 Å². The third-order valence-corrected chi connectivity index (χ3v) is 2.00. The Morgan fingerprint density at radius 1 is 1.55 bits per heavy atom. The first kappa shape index (κ1) is 8.25. The van der Waals surface area contributed by atoms with Gasteiger partial charge in [0, 0.05) is 6.42 Å². The first-order valence-electron chi connectivity index (χ1n) is 4.19. The summed E-state index contributed by atoms with van der Waals surface area (Å²) in [5, 5.41) is 0. The molecule has 0 bridgehead atoms. The zero-order valence-corrected chi connectivity index (χ0v) is 6.92. The predicted molar refractivity (Wildman–Crippen MR) is 46.3 cm³/mol. The molecule has 1 rings (SSSR count). The van der Waals surface area contributed by atoms with Crippen molar-refractivity contribution >= 4 is 5.78 Å². The zero-order valence-electron chi connectivity index (χ0n) is 6.92. The molecule has 0 unspecified atom stereocenters. The van der Waals surface area contributed by atoms with Crippen LogP contribution in [0.2, 0.25) is 0 Å². The van der Waals surface area contributed by atoms with Gasteiger partial charge in [0.1, 0.15) is 0 Å². The second-order valence-electron chi connectivity index (χ2n) is 2.90. The molecular formula is C10H14O. The number of rotatable bonds is 1. The minimum atomic E-state index is 0.222. The van der Waals surface area contributed by atoms with Gasteiger partial charge in [-0.3, -0.25) is 4.79 Å². The molecule has 0 spiro atoms. The fraction of sp³-hybridized carbons (Fsp3) is 0.500. The maximum atomic E-state index is 11.0. The van der Waals surface area contributed by atoms with Gasteiger partial charge in [-0.1, -0.05) is 25.2 Å². The predicted octanol–water partition coefficient (Wildman–Crippen LogP) is 2.49. The zero-order chi connectivity index (χ0) is 8.10. The molecule has 0 heterocycles. The van der Waals surface area contributed by atoms with E-state index >= 15 is 0 Å². The van der Waals surface area contributed by atoms with Gasteiger partial charge in [0.25, 0.3) is 0 Å². The molecule has 0 aromatic rings. The second kappa shape index (κ2) is 4.12. The molecule has 0 radical (unpaired) electrons. The van der Waals surface area contributed by atoms with Crippen molar-refractivity contribution in [3.63, 3.8) is 0 Å². The molecule has 0 fully saturated rings. The molecule has 1 nitrogen and oxygen atoms in total. The molecule has 0 aliphatic heterocycles. The van der Waals surface area contributed by atoms with Gasteiger partial charge in [-0.25, -0.2) is 0 Å². The lowest BCUT2D eigenvalue weighted by Gasteiger charge is -2.07. The van der Waals surface area contributed by atoms with E-state index in [0.717, 1.165) is 12.8 Å². The summed E-state index contributed by atoms with van der Waals surface area (Å²) in [7, 11) is 0. The maximum Gasteiger partial charge on any atom is 0.159 e. The van der Waals surface area contributed by atoms with Crippen molar-refractivity contribution in [1.82, 2.24) is 0 Å². The minimum Gasteiger partial charge on any atom is -0.295 e. The summed E-state index contributed by atoms with van der Waals surface area (Å²) in [6.07, 6.45) is 10.6. The SMILES string of the molecule is CC[C@@H]1/C=C\C(=O)C/C=C\C1. The fourth-order valence-corrected chi connectivity index (χ4v) is 1.16. The molecule has 0 saturated heterocycles. The van der Waals surface area contributed by atoms with E-state index in [0.29, 0.717) is 12.3 Å². The number of hydrogen-bond acceptors (Lipinski definition) is 1. The van der Waals surface area contributed by atoms with E-state index in [1.165, 1.54) is 0 Å². The number of carbonyl (C=O) groups is 1. The highest BCUT2D eigenvalue weighted by atomic mass is 16.1. The largest absolute Gasteiger partial charge is 0.295 e. The van der Waals surface area contributed by atoms with Crippen molar-refractivity contribution in [2.45, 2.75) is 26.2 Å². The summed E-state index contributed by atoms with van der Waals surface area (Å²) in [6.45, 7) is 2.15. The Bertz CT molecular complexity index is 189. The summed E-state index contributed by atoms with van der Waals surface area (Å²) in [6, 6.07) is 0. The summed E-state index contributed by atoms with van der Waals surface area (Å²) in [5.41, 5.74) is 0. The van der Waals surface area contributed by atoms with E-state index in [4.69, 9.17) is 0 Å². The molecule has 0 N–H and O–H groups in total. The van der Waals surface area contributed by atoms with Crippen LogP contribution in [0.25, 0.3) is 0 Å². The highest BCUT2D eigenvalue weighted by Gasteiger charge is 2.02. The fourth-order valence-electron chi connectivity index (χ4n) is 1.16. The van der Waals surface area contributed by atoms with Crippen LogP contribution in [0.5, 0.6) is 0 Å². The van der Waals surface area contributed by atoms with Gasteiger partial charge in [-0.15, -0.1) is 0 Å². The first-order valence-corrected chi connectivity index (χ1v) is 4.19. The van der Waals surface area contributed by atoms with Crippen LogP contribution in [0.15, 0.2) is 24.3 Å². The Morgan fingerprint density at radius 2 is 2.36 bits per heavy atom. The maximum absolute atomic E-state index is 11.0. The molecule has 60 valence electrons. The van der Waals surface area contributed by atoms with Crippen LogP contribution in [0.3, 0.4) is 0 Å². The highest BCUT2D eigenvalue weighted by Crippen LogP contribution is 2.13. The quantitative estimate of drug-likeness (QED) is 0.525. The standard InChI is InChI=1S/C10H14O/c1-2-9-5-3-4-6-10(11)8-7-9/h3-4,7-9H,2,5-6H2,1H3/b4-3-,8-7-/t9-/m0/s1. The van der Waals surface area contributed by atoms with Gasteiger partial charge in [-0.2, -0.15) is 0 Å². The van der Waals surface area contributed by atoms with Gasteiger partial charge in [0.05, 0.1) is 0 Å².